The number of hydrogen-bond donors (Lipinski definition) is 2. The van der Waals surface area contributed by atoms with Crippen molar-refractivity contribution in [3.05, 3.63) is 62.3 Å². The Morgan fingerprint density at radius 2 is 1.85 bits per heavy atom. The predicted molar refractivity (Wildman–Crippen MR) is 77.9 cm³/mol. The number of H-pyrrole nitrogens is 2. The van der Waals surface area contributed by atoms with Crippen LogP contribution in [0.2, 0.25) is 0 Å². The monoisotopic (exact) mass is 267 g/mol. The van der Waals surface area contributed by atoms with Crippen LogP contribution < -0.4 is 11.2 Å². The molecule has 20 heavy (non-hydrogen) atoms. The topological polar surface area (TPSA) is 78.6 Å². The van der Waals surface area contributed by atoms with Crippen molar-refractivity contribution < 1.29 is 0 Å². The fourth-order valence-electron chi connectivity index (χ4n) is 2.31. The molecule has 2 heterocycles. The molecule has 0 unspecified atom stereocenters. The van der Waals surface area contributed by atoms with Gasteiger partial charge in [0.1, 0.15) is 5.65 Å². The summed E-state index contributed by atoms with van der Waals surface area (Å²) < 4.78 is 0. The van der Waals surface area contributed by atoms with Gasteiger partial charge in [0, 0.05) is 5.56 Å². The lowest BCUT2D eigenvalue weighted by molar-refractivity contribution is 1.06. The summed E-state index contributed by atoms with van der Waals surface area (Å²) in [7, 11) is 0. The molecule has 5 nitrogen and oxygen atoms in total. The van der Waals surface area contributed by atoms with Crippen LogP contribution in [0.4, 0.5) is 0 Å². The normalized spacial score (nSPS) is 10.9. The highest BCUT2D eigenvalue weighted by molar-refractivity contribution is 5.81. The molecule has 1 aromatic carbocycles. The molecular weight excluding hydrogens is 254 g/mol. The lowest BCUT2D eigenvalue weighted by Crippen LogP contribution is -2.23. The van der Waals surface area contributed by atoms with Gasteiger partial charge in [0.15, 0.2) is 0 Å². The average molecular weight is 267 g/mol. The van der Waals surface area contributed by atoms with Crippen LogP contribution in [0.3, 0.4) is 0 Å². The van der Waals surface area contributed by atoms with E-state index in [2.05, 4.69) is 15.0 Å². The fourth-order valence-corrected chi connectivity index (χ4v) is 2.31. The summed E-state index contributed by atoms with van der Waals surface area (Å²) in [6.45, 7) is 3.83. The number of nitrogens with zero attached hydrogens (tertiary/aromatic N) is 1. The van der Waals surface area contributed by atoms with Crippen molar-refractivity contribution in [2.45, 2.75) is 13.8 Å². The third-order valence-corrected chi connectivity index (χ3v) is 3.22. The number of aromatic nitrogens is 3. The number of benzene rings is 1. The second-order valence-corrected chi connectivity index (χ2v) is 4.83. The number of pyridine rings is 1. The van der Waals surface area contributed by atoms with Gasteiger partial charge in [-0.15, -0.1) is 0 Å². The molecule has 0 saturated heterocycles. The molecule has 0 aliphatic heterocycles. The van der Waals surface area contributed by atoms with Crippen molar-refractivity contribution >= 4 is 11.0 Å². The smallest absolute Gasteiger partial charge is 0.291 e. The van der Waals surface area contributed by atoms with Gasteiger partial charge in [-0.2, -0.15) is 0 Å². The molecule has 3 rings (SSSR count). The Labute approximate surface area is 114 Å². The van der Waals surface area contributed by atoms with Crippen LogP contribution >= 0.6 is 0 Å². The Bertz CT molecular complexity index is 922. The molecule has 100 valence electrons. The molecule has 0 amide bonds. The van der Waals surface area contributed by atoms with Gasteiger partial charge in [-0.05, 0) is 31.5 Å². The van der Waals surface area contributed by atoms with Gasteiger partial charge < -0.3 is 0 Å². The fraction of sp³-hybridized carbons (Fsp3) is 0.133. The Hall–Kier alpha value is -2.69. The van der Waals surface area contributed by atoms with E-state index in [1.165, 1.54) is 0 Å². The van der Waals surface area contributed by atoms with E-state index < -0.39 is 11.2 Å². The maximum Gasteiger partial charge on any atom is 0.327 e. The molecular formula is C15H13N3O2. The summed E-state index contributed by atoms with van der Waals surface area (Å²) in [5, 5.41) is 0.418. The number of nitrogens with one attached hydrogen (secondary N) is 2. The van der Waals surface area contributed by atoms with Crippen LogP contribution in [0.1, 0.15) is 11.1 Å². The van der Waals surface area contributed by atoms with Crippen LogP contribution in [0, 0.1) is 13.8 Å². The van der Waals surface area contributed by atoms with Crippen molar-refractivity contribution in [1.82, 2.24) is 15.0 Å². The Morgan fingerprint density at radius 3 is 2.60 bits per heavy atom. The number of fused-ring (bicyclic) bond motifs is 1. The summed E-state index contributed by atoms with van der Waals surface area (Å²) in [6, 6.07) is 9.77. The lowest BCUT2D eigenvalue weighted by Gasteiger charge is -2.06. The molecule has 0 fully saturated rings. The van der Waals surface area contributed by atoms with Crippen LogP contribution in [-0.2, 0) is 0 Å². The maximum absolute atomic E-state index is 11.8. The number of hydrogen-bond acceptors (Lipinski definition) is 3. The number of rotatable bonds is 1. The first-order valence-electron chi connectivity index (χ1n) is 6.25. The first kappa shape index (κ1) is 12.3. The molecule has 5 heteroatoms. The molecule has 0 saturated carbocycles. The number of aryl methyl sites for hydroxylation is 2. The predicted octanol–water partition coefficient (Wildman–Crippen LogP) is 1.90. The summed E-state index contributed by atoms with van der Waals surface area (Å²) in [5.74, 6) is 0. The van der Waals surface area contributed by atoms with Crippen molar-refractivity contribution in [3.63, 3.8) is 0 Å². The van der Waals surface area contributed by atoms with E-state index >= 15 is 0 Å². The second-order valence-electron chi connectivity index (χ2n) is 4.83. The second kappa shape index (κ2) is 4.45. The van der Waals surface area contributed by atoms with E-state index in [1.54, 1.807) is 0 Å². The van der Waals surface area contributed by atoms with Gasteiger partial charge in [0.05, 0.1) is 11.1 Å². The molecule has 0 aliphatic rings. The van der Waals surface area contributed by atoms with Crippen molar-refractivity contribution in [3.8, 4) is 11.3 Å². The zero-order valence-corrected chi connectivity index (χ0v) is 11.2. The molecule has 3 aromatic rings. The minimum absolute atomic E-state index is 0.315. The van der Waals surface area contributed by atoms with Crippen LogP contribution in [0.15, 0.2) is 39.9 Å². The van der Waals surface area contributed by atoms with Crippen molar-refractivity contribution in [1.29, 1.82) is 0 Å². The van der Waals surface area contributed by atoms with Crippen LogP contribution in [0.25, 0.3) is 22.3 Å². The summed E-state index contributed by atoms with van der Waals surface area (Å²) in [6.07, 6.45) is 0. The SMILES string of the molecule is Cc1cccc(-c2cc(C)c3c(=O)[nH]c(=O)[nH]c3n2)c1. The van der Waals surface area contributed by atoms with E-state index in [0.717, 1.165) is 22.4 Å². The van der Waals surface area contributed by atoms with Gasteiger partial charge in [0.25, 0.3) is 5.56 Å². The lowest BCUT2D eigenvalue weighted by atomic mass is 10.1. The highest BCUT2D eigenvalue weighted by Gasteiger charge is 2.09. The first-order chi connectivity index (χ1) is 9.54. The standard InChI is InChI=1S/C15H13N3O2/c1-8-4-3-5-10(6-8)11-7-9(2)12-13(16-11)17-15(20)18-14(12)19/h3-7H,1-2H3,(H2,16,17,18,19,20). The van der Waals surface area contributed by atoms with Crippen molar-refractivity contribution in [2.24, 2.45) is 0 Å². The third-order valence-electron chi connectivity index (χ3n) is 3.22. The van der Waals surface area contributed by atoms with Gasteiger partial charge >= 0.3 is 5.69 Å². The van der Waals surface area contributed by atoms with E-state index in [9.17, 15) is 9.59 Å². The van der Waals surface area contributed by atoms with Gasteiger partial charge in [0.2, 0.25) is 0 Å². The summed E-state index contributed by atoms with van der Waals surface area (Å²) in [5.41, 5.74) is 2.96. The quantitative estimate of drug-likeness (QED) is 0.706. The van der Waals surface area contributed by atoms with Crippen LogP contribution in [-0.4, -0.2) is 15.0 Å². The molecule has 2 aromatic heterocycles. The van der Waals surface area contributed by atoms with Crippen LogP contribution in [0.5, 0.6) is 0 Å². The van der Waals surface area contributed by atoms with Gasteiger partial charge in [-0.25, -0.2) is 9.78 Å². The third kappa shape index (κ3) is 2.03. The average Bonchev–Trinajstić information content (AvgIpc) is 2.37. The Balaban J connectivity index is 2.35. The Kier molecular flexibility index (Phi) is 2.75. The molecule has 0 spiro atoms. The minimum atomic E-state index is -0.546. The minimum Gasteiger partial charge on any atom is -0.291 e. The Morgan fingerprint density at radius 1 is 1.05 bits per heavy atom. The highest BCUT2D eigenvalue weighted by Crippen LogP contribution is 2.21. The summed E-state index contributed by atoms with van der Waals surface area (Å²) in [4.78, 5) is 32.4. The maximum atomic E-state index is 11.8. The van der Waals surface area contributed by atoms with Gasteiger partial charge in [-0.1, -0.05) is 23.8 Å². The molecule has 0 aliphatic carbocycles. The van der Waals surface area contributed by atoms with Gasteiger partial charge in [-0.3, -0.25) is 14.8 Å². The first-order valence-corrected chi connectivity index (χ1v) is 6.25. The zero-order valence-electron chi connectivity index (χ0n) is 11.2. The largest absolute Gasteiger partial charge is 0.327 e. The van der Waals surface area contributed by atoms with Crippen molar-refractivity contribution in [2.75, 3.05) is 0 Å². The molecule has 0 bridgehead atoms. The molecule has 2 N–H and O–H groups in total. The summed E-state index contributed by atoms with van der Waals surface area (Å²) >= 11 is 0. The zero-order chi connectivity index (χ0) is 14.3. The van der Waals surface area contributed by atoms with E-state index in [4.69, 9.17) is 0 Å². The van der Waals surface area contributed by atoms with E-state index in [0.29, 0.717) is 11.0 Å². The highest BCUT2D eigenvalue weighted by atomic mass is 16.2. The molecule has 0 radical (unpaired) electrons. The van der Waals surface area contributed by atoms with E-state index in [1.807, 2.05) is 44.2 Å². The van der Waals surface area contributed by atoms with E-state index in [-0.39, 0.29) is 0 Å². The molecule has 0 atom stereocenters. The number of aromatic amines is 2.